The van der Waals surface area contributed by atoms with Crippen molar-refractivity contribution in [1.29, 1.82) is 0 Å². The predicted molar refractivity (Wildman–Crippen MR) is 85.1 cm³/mol. The Kier molecular flexibility index (Phi) is 4.94. The normalized spacial score (nSPS) is 26.9. The van der Waals surface area contributed by atoms with Crippen LogP contribution >= 0.6 is 12.2 Å². The summed E-state index contributed by atoms with van der Waals surface area (Å²) in [5.74, 6) is 0.749. The summed E-state index contributed by atoms with van der Waals surface area (Å²) in [6, 6.07) is 10.6. The SMILES string of the molecule is CC(=S)NC1(NCc2ccccc2)CCCC(C)C1. The van der Waals surface area contributed by atoms with Gasteiger partial charge in [-0.3, -0.25) is 5.32 Å². The second-order valence-electron chi connectivity index (χ2n) is 5.80. The molecular formula is C16H24N2S. The van der Waals surface area contributed by atoms with Gasteiger partial charge in [0.05, 0.1) is 10.7 Å². The summed E-state index contributed by atoms with van der Waals surface area (Å²) in [4.78, 5) is 0.884. The summed E-state index contributed by atoms with van der Waals surface area (Å²) in [6.45, 7) is 5.20. The molecule has 1 aliphatic rings. The fourth-order valence-electron chi connectivity index (χ4n) is 3.07. The van der Waals surface area contributed by atoms with Crippen LogP contribution in [0, 0.1) is 5.92 Å². The van der Waals surface area contributed by atoms with Crippen molar-refractivity contribution in [2.24, 2.45) is 5.92 Å². The van der Waals surface area contributed by atoms with Crippen LogP contribution in [-0.4, -0.2) is 10.7 Å². The number of rotatable bonds is 4. The Hall–Kier alpha value is -0.930. The molecule has 19 heavy (non-hydrogen) atoms. The van der Waals surface area contributed by atoms with Crippen LogP contribution in [0.5, 0.6) is 0 Å². The van der Waals surface area contributed by atoms with Gasteiger partial charge < -0.3 is 5.32 Å². The van der Waals surface area contributed by atoms with Crippen LogP contribution < -0.4 is 10.6 Å². The van der Waals surface area contributed by atoms with Crippen molar-refractivity contribution in [2.45, 2.75) is 51.7 Å². The first-order valence-corrected chi connectivity index (χ1v) is 7.58. The minimum atomic E-state index is -0.0145. The molecule has 1 fully saturated rings. The second kappa shape index (κ2) is 6.49. The smallest absolute Gasteiger partial charge is 0.0890 e. The van der Waals surface area contributed by atoms with Gasteiger partial charge >= 0.3 is 0 Å². The standard InChI is InChI=1S/C16H24N2S/c1-13-7-6-10-16(11-13,18-14(2)19)17-12-15-8-4-3-5-9-15/h3-5,8-9,13,17H,6-7,10-12H2,1-2H3,(H,18,19). The van der Waals surface area contributed by atoms with Crippen LogP contribution in [0.1, 0.15) is 45.1 Å². The Balaban J connectivity index is 2.03. The molecule has 2 N–H and O–H groups in total. The summed E-state index contributed by atoms with van der Waals surface area (Å²) >= 11 is 5.27. The molecule has 0 aliphatic heterocycles. The van der Waals surface area contributed by atoms with Crippen molar-refractivity contribution in [3.8, 4) is 0 Å². The van der Waals surface area contributed by atoms with Gasteiger partial charge in [-0.2, -0.15) is 0 Å². The van der Waals surface area contributed by atoms with Gasteiger partial charge in [-0.15, -0.1) is 0 Å². The van der Waals surface area contributed by atoms with E-state index in [4.69, 9.17) is 12.2 Å². The van der Waals surface area contributed by atoms with Crippen LogP contribution in [0.15, 0.2) is 30.3 Å². The van der Waals surface area contributed by atoms with Crippen LogP contribution in [0.2, 0.25) is 0 Å². The molecule has 2 unspecified atom stereocenters. The zero-order chi connectivity index (χ0) is 13.7. The molecule has 2 rings (SSSR count). The van der Waals surface area contributed by atoms with E-state index in [1.54, 1.807) is 0 Å². The van der Waals surface area contributed by atoms with Crippen molar-refractivity contribution in [3.63, 3.8) is 0 Å². The van der Waals surface area contributed by atoms with E-state index >= 15 is 0 Å². The number of hydrogen-bond acceptors (Lipinski definition) is 2. The van der Waals surface area contributed by atoms with Gasteiger partial charge in [0.2, 0.25) is 0 Å². The Morgan fingerprint density at radius 1 is 1.37 bits per heavy atom. The fourth-order valence-corrected chi connectivity index (χ4v) is 3.27. The third kappa shape index (κ3) is 4.29. The summed E-state index contributed by atoms with van der Waals surface area (Å²) in [7, 11) is 0. The lowest BCUT2D eigenvalue weighted by Crippen LogP contribution is -2.59. The molecule has 0 radical (unpaired) electrons. The maximum absolute atomic E-state index is 5.27. The Morgan fingerprint density at radius 2 is 2.11 bits per heavy atom. The van der Waals surface area contributed by atoms with Crippen molar-refractivity contribution in [1.82, 2.24) is 10.6 Å². The molecule has 1 aliphatic carbocycles. The third-order valence-corrected chi connectivity index (χ3v) is 3.99. The van der Waals surface area contributed by atoms with Gasteiger partial charge in [0.25, 0.3) is 0 Å². The molecule has 3 heteroatoms. The quantitative estimate of drug-likeness (QED) is 0.649. The van der Waals surface area contributed by atoms with E-state index < -0.39 is 0 Å². The first kappa shape index (κ1) is 14.5. The molecule has 104 valence electrons. The van der Waals surface area contributed by atoms with Crippen molar-refractivity contribution in [3.05, 3.63) is 35.9 Å². The largest absolute Gasteiger partial charge is 0.362 e. The molecule has 0 aromatic heterocycles. The van der Waals surface area contributed by atoms with E-state index in [1.165, 1.54) is 18.4 Å². The van der Waals surface area contributed by atoms with Gasteiger partial charge in [0.15, 0.2) is 0 Å². The highest BCUT2D eigenvalue weighted by molar-refractivity contribution is 7.80. The topological polar surface area (TPSA) is 24.1 Å². The fraction of sp³-hybridized carbons (Fsp3) is 0.562. The molecule has 1 saturated carbocycles. The summed E-state index contributed by atoms with van der Waals surface area (Å²) in [5.41, 5.74) is 1.31. The summed E-state index contributed by atoms with van der Waals surface area (Å²) in [6.07, 6.45) is 4.89. The zero-order valence-electron chi connectivity index (χ0n) is 11.9. The number of hydrogen-bond donors (Lipinski definition) is 2. The average Bonchev–Trinajstić information content (AvgIpc) is 2.37. The highest BCUT2D eigenvalue weighted by atomic mass is 32.1. The van der Waals surface area contributed by atoms with Gasteiger partial charge in [-0.1, -0.05) is 55.9 Å². The first-order valence-electron chi connectivity index (χ1n) is 7.17. The molecule has 0 saturated heterocycles. The number of benzene rings is 1. The molecule has 0 heterocycles. The van der Waals surface area contributed by atoms with Crippen LogP contribution in [0.3, 0.4) is 0 Å². The lowest BCUT2D eigenvalue weighted by Gasteiger charge is -2.42. The van der Waals surface area contributed by atoms with E-state index in [1.807, 2.05) is 6.92 Å². The Bertz CT molecular complexity index is 418. The van der Waals surface area contributed by atoms with E-state index in [2.05, 4.69) is 47.9 Å². The Labute approximate surface area is 122 Å². The molecule has 1 aromatic carbocycles. The van der Waals surface area contributed by atoms with Crippen LogP contribution in [-0.2, 0) is 6.54 Å². The number of nitrogens with one attached hydrogen (secondary N) is 2. The lowest BCUT2D eigenvalue weighted by atomic mass is 9.82. The Morgan fingerprint density at radius 3 is 2.74 bits per heavy atom. The maximum atomic E-state index is 5.27. The van der Waals surface area contributed by atoms with E-state index in [0.717, 1.165) is 30.3 Å². The summed E-state index contributed by atoms with van der Waals surface area (Å²) in [5, 5.41) is 7.23. The highest BCUT2D eigenvalue weighted by Gasteiger charge is 2.34. The van der Waals surface area contributed by atoms with E-state index in [0.29, 0.717) is 0 Å². The molecule has 0 amide bonds. The van der Waals surface area contributed by atoms with E-state index in [9.17, 15) is 0 Å². The molecular weight excluding hydrogens is 252 g/mol. The second-order valence-corrected chi connectivity index (χ2v) is 6.42. The average molecular weight is 276 g/mol. The molecule has 1 aromatic rings. The van der Waals surface area contributed by atoms with Crippen LogP contribution in [0.4, 0.5) is 0 Å². The third-order valence-electron chi connectivity index (χ3n) is 3.89. The van der Waals surface area contributed by atoms with Gasteiger partial charge in [-0.25, -0.2) is 0 Å². The van der Waals surface area contributed by atoms with Crippen molar-refractivity contribution in [2.75, 3.05) is 0 Å². The van der Waals surface area contributed by atoms with Gasteiger partial charge in [0, 0.05) is 6.54 Å². The van der Waals surface area contributed by atoms with Crippen molar-refractivity contribution >= 4 is 17.2 Å². The van der Waals surface area contributed by atoms with Crippen molar-refractivity contribution < 1.29 is 0 Å². The molecule has 0 bridgehead atoms. The minimum absolute atomic E-state index is 0.0145. The maximum Gasteiger partial charge on any atom is 0.0890 e. The molecule has 2 atom stereocenters. The lowest BCUT2D eigenvalue weighted by molar-refractivity contribution is 0.168. The number of thiocarbonyl (C=S) groups is 1. The van der Waals surface area contributed by atoms with Gasteiger partial charge in [-0.05, 0) is 37.7 Å². The van der Waals surface area contributed by atoms with E-state index in [-0.39, 0.29) is 5.66 Å². The predicted octanol–water partition coefficient (Wildman–Crippen LogP) is 3.62. The monoisotopic (exact) mass is 276 g/mol. The highest BCUT2D eigenvalue weighted by Crippen LogP contribution is 2.30. The molecule has 0 spiro atoms. The summed E-state index contributed by atoms with van der Waals surface area (Å²) < 4.78 is 0. The zero-order valence-corrected chi connectivity index (χ0v) is 12.7. The molecule has 2 nitrogen and oxygen atoms in total. The minimum Gasteiger partial charge on any atom is -0.362 e. The van der Waals surface area contributed by atoms with Crippen LogP contribution in [0.25, 0.3) is 0 Å². The van der Waals surface area contributed by atoms with Gasteiger partial charge in [0.1, 0.15) is 0 Å². The first-order chi connectivity index (χ1) is 9.10.